The first-order valence-corrected chi connectivity index (χ1v) is 8.92. The summed E-state index contributed by atoms with van der Waals surface area (Å²) in [5.74, 6) is 1.49. The Bertz CT molecular complexity index is 1010. The van der Waals surface area contributed by atoms with Crippen LogP contribution in [0.1, 0.15) is 11.1 Å². The van der Waals surface area contributed by atoms with Crippen LogP contribution < -0.4 is 9.47 Å². The van der Waals surface area contributed by atoms with Gasteiger partial charge in [0.25, 0.3) is 0 Å². The van der Waals surface area contributed by atoms with Crippen molar-refractivity contribution in [1.29, 1.82) is 0 Å². The van der Waals surface area contributed by atoms with Crippen molar-refractivity contribution in [3.05, 3.63) is 64.6 Å². The number of rotatable bonds is 5. The fourth-order valence-electron chi connectivity index (χ4n) is 3.00. The largest absolute Gasteiger partial charge is 0.493 e. The molecule has 0 amide bonds. The van der Waals surface area contributed by atoms with E-state index in [0.717, 1.165) is 34.5 Å². The van der Waals surface area contributed by atoms with E-state index >= 15 is 0 Å². The monoisotopic (exact) mass is 350 g/mol. The summed E-state index contributed by atoms with van der Waals surface area (Å²) >= 11 is 1.69. The molecule has 0 bridgehead atoms. The maximum absolute atomic E-state index is 5.41. The predicted molar refractivity (Wildman–Crippen MR) is 102 cm³/mol. The molecule has 0 aliphatic carbocycles. The number of ether oxygens (including phenoxy) is 2. The molecular weight excluding hydrogens is 332 g/mol. The Balaban J connectivity index is 1.71. The Labute approximate surface area is 150 Å². The van der Waals surface area contributed by atoms with E-state index < -0.39 is 0 Å². The molecule has 0 radical (unpaired) electrons. The lowest BCUT2D eigenvalue weighted by Crippen LogP contribution is -1.93. The van der Waals surface area contributed by atoms with E-state index in [9.17, 15) is 0 Å². The Hall–Kier alpha value is -2.79. The van der Waals surface area contributed by atoms with Gasteiger partial charge in [0.2, 0.25) is 0 Å². The molecule has 1 aromatic carbocycles. The highest BCUT2D eigenvalue weighted by Gasteiger charge is 2.10. The van der Waals surface area contributed by atoms with E-state index in [-0.39, 0.29) is 0 Å². The first kappa shape index (κ1) is 15.7. The summed E-state index contributed by atoms with van der Waals surface area (Å²) < 4.78 is 10.7. The molecule has 0 fully saturated rings. The van der Waals surface area contributed by atoms with Crippen LogP contribution in [0.4, 0.5) is 0 Å². The standard InChI is InChI=1S/C20H18N2O2S/c1-23-18-4-3-13(8-19(18)24-2)7-16-11-22-20-17(16)9-15(10-21-20)14-5-6-25-12-14/h3-6,8-12H,7H2,1-2H3,(H,21,22). The summed E-state index contributed by atoms with van der Waals surface area (Å²) in [7, 11) is 3.30. The zero-order valence-electron chi connectivity index (χ0n) is 14.1. The fraction of sp³-hybridized carbons (Fsp3) is 0.150. The highest BCUT2D eigenvalue weighted by molar-refractivity contribution is 7.08. The number of hydrogen-bond acceptors (Lipinski definition) is 4. The van der Waals surface area contributed by atoms with Gasteiger partial charge < -0.3 is 14.5 Å². The van der Waals surface area contributed by atoms with Crippen molar-refractivity contribution in [3.8, 4) is 22.6 Å². The van der Waals surface area contributed by atoms with E-state index in [4.69, 9.17) is 9.47 Å². The second kappa shape index (κ2) is 6.61. The maximum Gasteiger partial charge on any atom is 0.160 e. The lowest BCUT2D eigenvalue weighted by molar-refractivity contribution is 0.354. The SMILES string of the molecule is COc1ccc(Cc2c[nH]c3ncc(-c4ccsc4)cc23)cc1OC. The number of benzene rings is 1. The van der Waals surface area contributed by atoms with Gasteiger partial charge in [-0.2, -0.15) is 11.3 Å². The maximum atomic E-state index is 5.41. The molecule has 3 heterocycles. The van der Waals surface area contributed by atoms with Crippen molar-refractivity contribution in [3.63, 3.8) is 0 Å². The minimum atomic E-state index is 0.742. The Morgan fingerprint density at radius 2 is 1.92 bits per heavy atom. The Kier molecular flexibility index (Phi) is 4.15. The van der Waals surface area contributed by atoms with E-state index in [1.54, 1.807) is 25.6 Å². The van der Waals surface area contributed by atoms with Gasteiger partial charge in [0.15, 0.2) is 11.5 Å². The number of hydrogen-bond donors (Lipinski definition) is 1. The van der Waals surface area contributed by atoms with Gasteiger partial charge in [-0.1, -0.05) is 6.07 Å². The number of aromatic nitrogens is 2. The number of H-pyrrole nitrogens is 1. The van der Waals surface area contributed by atoms with Gasteiger partial charge in [0.05, 0.1) is 14.2 Å². The second-order valence-electron chi connectivity index (χ2n) is 5.81. The average Bonchev–Trinajstić information content (AvgIpc) is 3.31. The fourth-order valence-corrected chi connectivity index (χ4v) is 3.67. The molecule has 0 saturated carbocycles. The molecule has 4 rings (SSSR count). The van der Waals surface area contributed by atoms with Crippen molar-refractivity contribution >= 4 is 22.4 Å². The predicted octanol–water partition coefficient (Wildman–Crippen LogP) is 4.90. The molecule has 3 aromatic heterocycles. The Morgan fingerprint density at radius 3 is 2.68 bits per heavy atom. The van der Waals surface area contributed by atoms with Crippen LogP contribution in [0.15, 0.2) is 53.5 Å². The summed E-state index contributed by atoms with van der Waals surface area (Å²) in [6.07, 6.45) is 4.75. The van der Waals surface area contributed by atoms with Gasteiger partial charge >= 0.3 is 0 Å². The van der Waals surface area contributed by atoms with Crippen LogP contribution in [-0.2, 0) is 6.42 Å². The van der Waals surface area contributed by atoms with Crippen LogP contribution in [0.3, 0.4) is 0 Å². The van der Waals surface area contributed by atoms with Gasteiger partial charge in [0.1, 0.15) is 5.65 Å². The normalized spacial score (nSPS) is 11.0. The van der Waals surface area contributed by atoms with Crippen molar-refractivity contribution in [2.24, 2.45) is 0 Å². The molecule has 1 N–H and O–H groups in total. The number of nitrogens with zero attached hydrogens (tertiary/aromatic N) is 1. The van der Waals surface area contributed by atoms with E-state index in [2.05, 4.69) is 38.9 Å². The molecule has 4 aromatic rings. The second-order valence-corrected chi connectivity index (χ2v) is 6.59. The van der Waals surface area contributed by atoms with Crippen LogP contribution in [0.25, 0.3) is 22.2 Å². The quantitative estimate of drug-likeness (QED) is 0.557. The highest BCUT2D eigenvalue weighted by atomic mass is 32.1. The molecule has 0 aliphatic rings. The summed E-state index contributed by atoms with van der Waals surface area (Å²) in [5.41, 5.74) is 5.64. The van der Waals surface area contributed by atoms with Crippen molar-refractivity contribution < 1.29 is 9.47 Å². The average molecular weight is 350 g/mol. The number of methoxy groups -OCH3 is 2. The topological polar surface area (TPSA) is 47.1 Å². The number of fused-ring (bicyclic) bond motifs is 1. The van der Waals surface area contributed by atoms with E-state index in [1.807, 2.05) is 24.5 Å². The summed E-state index contributed by atoms with van der Waals surface area (Å²) in [4.78, 5) is 7.83. The molecule has 4 nitrogen and oxygen atoms in total. The lowest BCUT2D eigenvalue weighted by atomic mass is 10.0. The molecule has 0 spiro atoms. The van der Waals surface area contributed by atoms with Crippen LogP contribution in [0.2, 0.25) is 0 Å². The minimum absolute atomic E-state index is 0.742. The van der Waals surface area contributed by atoms with E-state index in [1.165, 1.54) is 16.7 Å². The molecule has 5 heteroatoms. The number of aromatic amines is 1. The van der Waals surface area contributed by atoms with Crippen LogP contribution in [0.5, 0.6) is 11.5 Å². The minimum Gasteiger partial charge on any atom is -0.493 e. The number of nitrogens with one attached hydrogen (secondary N) is 1. The molecular formula is C20H18N2O2S. The molecule has 0 atom stereocenters. The van der Waals surface area contributed by atoms with Crippen LogP contribution >= 0.6 is 11.3 Å². The van der Waals surface area contributed by atoms with Crippen molar-refractivity contribution in [2.45, 2.75) is 6.42 Å². The Morgan fingerprint density at radius 1 is 1.04 bits per heavy atom. The van der Waals surface area contributed by atoms with Gasteiger partial charge in [-0.3, -0.25) is 0 Å². The number of pyridine rings is 1. The molecule has 25 heavy (non-hydrogen) atoms. The summed E-state index contributed by atoms with van der Waals surface area (Å²) in [6, 6.07) is 10.4. The first-order chi connectivity index (χ1) is 12.3. The van der Waals surface area contributed by atoms with E-state index in [0.29, 0.717) is 0 Å². The molecule has 0 unspecified atom stereocenters. The zero-order valence-corrected chi connectivity index (χ0v) is 14.9. The van der Waals surface area contributed by atoms with Gasteiger partial charge in [-0.15, -0.1) is 0 Å². The summed E-state index contributed by atoms with van der Waals surface area (Å²) in [5, 5.41) is 5.38. The van der Waals surface area contributed by atoms with Crippen molar-refractivity contribution in [2.75, 3.05) is 14.2 Å². The van der Waals surface area contributed by atoms with Crippen LogP contribution in [-0.4, -0.2) is 24.2 Å². The van der Waals surface area contributed by atoms with Gasteiger partial charge in [-0.05, 0) is 58.1 Å². The molecule has 0 aliphatic heterocycles. The molecule has 0 saturated heterocycles. The smallest absolute Gasteiger partial charge is 0.160 e. The van der Waals surface area contributed by atoms with Gasteiger partial charge in [-0.25, -0.2) is 4.98 Å². The van der Waals surface area contributed by atoms with Crippen LogP contribution in [0, 0.1) is 0 Å². The van der Waals surface area contributed by atoms with Gasteiger partial charge in [0, 0.05) is 23.3 Å². The first-order valence-electron chi connectivity index (χ1n) is 7.98. The third-order valence-electron chi connectivity index (χ3n) is 4.31. The number of thiophene rings is 1. The third-order valence-corrected chi connectivity index (χ3v) is 5.00. The zero-order chi connectivity index (χ0) is 17.2. The summed E-state index contributed by atoms with van der Waals surface area (Å²) in [6.45, 7) is 0. The lowest BCUT2D eigenvalue weighted by Gasteiger charge is -2.09. The van der Waals surface area contributed by atoms with Crippen molar-refractivity contribution in [1.82, 2.24) is 9.97 Å². The molecule has 126 valence electrons. The third kappa shape index (κ3) is 2.98. The highest BCUT2D eigenvalue weighted by Crippen LogP contribution is 2.31.